The van der Waals surface area contributed by atoms with Crippen molar-refractivity contribution in [1.29, 1.82) is 0 Å². The second-order valence-electron chi connectivity index (χ2n) is 1.92. The van der Waals surface area contributed by atoms with Crippen molar-refractivity contribution in [3.8, 4) is 0 Å². The van der Waals surface area contributed by atoms with Gasteiger partial charge in [0.2, 0.25) is 5.91 Å². The Hall–Kier alpha value is -1.09. The van der Waals surface area contributed by atoms with Crippen LogP contribution in [0, 0.1) is 0 Å². The number of rotatable bonds is 1. The number of hydrogen-bond acceptors (Lipinski definition) is 2. The maximum atomic E-state index is 10.5. The Kier molecular flexibility index (Phi) is 4.22. The zero-order chi connectivity index (χ0) is 7.40. The summed E-state index contributed by atoms with van der Waals surface area (Å²) in [6, 6.07) is 3.47. The molecular formula is C7H9ClN2O. The molecule has 1 N–H and O–H groups in total. The van der Waals surface area contributed by atoms with E-state index in [1.807, 2.05) is 0 Å². The molecule has 1 heterocycles. The van der Waals surface area contributed by atoms with Crippen LogP contribution in [0.25, 0.3) is 0 Å². The number of carbonyl (C=O) groups excluding carboxylic acids is 1. The lowest BCUT2D eigenvalue weighted by Crippen LogP contribution is -2.05. The smallest absolute Gasteiger partial charge is 0.221 e. The molecule has 0 unspecified atom stereocenters. The molecule has 0 fully saturated rings. The molecule has 11 heavy (non-hydrogen) atoms. The molecule has 3 nitrogen and oxygen atoms in total. The van der Waals surface area contributed by atoms with E-state index in [-0.39, 0.29) is 18.3 Å². The quantitative estimate of drug-likeness (QED) is 0.697. The zero-order valence-electron chi connectivity index (χ0n) is 6.07. The van der Waals surface area contributed by atoms with Crippen molar-refractivity contribution in [2.45, 2.75) is 6.92 Å². The van der Waals surface area contributed by atoms with Gasteiger partial charge in [0.15, 0.2) is 0 Å². The third kappa shape index (κ3) is 3.57. The fourth-order valence-electron chi connectivity index (χ4n) is 0.639. The first kappa shape index (κ1) is 9.91. The summed E-state index contributed by atoms with van der Waals surface area (Å²) in [6.07, 6.45) is 3.26. The second-order valence-corrected chi connectivity index (χ2v) is 1.92. The number of amides is 1. The molecule has 0 aliphatic heterocycles. The minimum atomic E-state index is -0.0637. The Morgan fingerprint density at radius 1 is 1.45 bits per heavy atom. The van der Waals surface area contributed by atoms with E-state index in [0.29, 0.717) is 0 Å². The minimum absolute atomic E-state index is 0. The van der Waals surface area contributed by atoms with Gasteiger partial charge in [-0.3, -0.25) is 9.78 Å². The van der Waals surface area contributed by atoms with Gasteiger partial charge in [-0.25, -0.2) is 0 Å². The highest BCUT2D eigenvalue weighted by Gasteiger charge is 1.90. The van der Waals surface area contributed by atoms with Gasteiger partial charge in [-0.1, -0.05) is 0 Å². The monoisotopic (exact) mass is 172 g/mol. The van der Waals surface area contributed by atoms with Crippen molar-refractivity contribution in [2.24, 2.45) is 0 Å². The van der Waals surface area contributed by atoms with Crippen molar-refractivity contribution < 1.29 is 4.79 Å². The number of hydrogen-bond donors (Lipinski definition) is 1. The number of nitrogens with one attached hydrogen (secondary N) is 1. The van der Waals surface area contributed by atoms with E-state index >= 15 is 0 Å². The van der Waals surface area contributed by atoms with Crippen molar-refractivity contribution in [2.75, 3.05) is 5.32 Å². The normalized spacial score (nSPS) is 8.09. The van der Waals surface area contributed by atoms with Crippen LogP contribution >= 0.6 is 12.4 Å². The minimum Gasteiger partial charge on any atom is -0.326 e. The molecule has 4 heteroatoms. The maximum absolute atomic E-state index is 10.5. The number of nitrogens with zero attached hydrogens (tertiary/aromatic N) is 1. The van der Waals surface area contributed by atoms with Crippen molar-refractivity contribution in [1.82, 2.24) is 4.98 Å². The fraction of sp³-hybridized carbons (Fsp3) is 0.143. The van der Waals surface area contributed by atoms with Crippen molar-refractivity contribution in [3.63, 3.8) is 0 Å². The van der Waals surface area contributed by atoms with Gasteiger partial charge in [-0.2, -0.15) is 0 Å². The molecular weight excluding hydrogens is 164 g/mol. The maximum Gasteiger partial charge on any atom is 0.221 e. The zero-order valence-corrected chi connectivity index (χ0v) is 6.89. The molecule has 1 aromatic heterocycles. The molecule has 0 spiro atoms. The van der Waals surface area contributed by atoms with Crippen LogP contribution in [0.4, 0.5) is 5.69 Å². The summed E-state index contributed by atoms with van der Waals surface area (Å²) in [6.45, 7) is 1.47. The largest absolute Gasteiger partial charge is 0.326 e. The van der Waals surface area contributed by atoms with E-state index in [4.69, 9.17) is 0 Å². The Labute approximate surface area is 71.2 Å². The Morgan fingerprint density at radius 2 is 2.00 bits per heavy atom. The Morgan fingerprint density at radius 3 is 2.45 bits per heavy atom. The van der Waals surface area contributed by atoms with Crippen LogP contribution in [0.3, 0.4) is 0 Å². The molecule has 0 saturated carbocycles. The summed E-state index contributed by atoms with van der Waals surface area (Å²) in [4.78, 5) is 14.3. The highest BCUT2D eigenvalue weighted by atomic mass is 35.5. The fourth-order valence-corrected chi connectivity index (χ4v) is 0.639. The van der Waals surface area contributed by atoms with E-state index in [1.54, 1.807) is 24.5 Å². The lowest BCUT2D eigenvalue weighted by atomic mass is 10.4. The molecule has 1 aromatic rings. The average molecular weight is 173 g/mol. The molecule has 0 saturated heterocycles. The van der Waals surface area contributed by atoms with E-state index in [2.05, 4.69) is 10.3 Å². The van der Waals surface area contributed by atoms with Crippen LogP contribution in [0.1, 0.15) is 6.92 Å². The molecule has 0 aliphatic rings. The molecule has 1 amide bonds. The number of pyridine rings is 1. The molecule has 0 aliphatic carbocycles. The summed E-state index contributed by atoms with van der Waals surface area (Å²) in [5.74, 6) is -0.0637. The summed E-state index contributed by atoms with van der Waals surface area (Å²) in [5.41, 5.74) is 0.780. The van der Waals surface area contributed by atoms with Gasteiger partial charge in [0.05, 0.1) is 0 Å². The van der Waals surface area contributed by atoms with E-state index in [9.17, 15) is 4.79 Å². The molecule has 1 rings (SSSR count). The number of halogens is 1. The number of aromatic nitrogens is 1. The first-order valence-corrected chi connectivity index (χ1v) is 2.96. The van der Waals surface area contributed by atoms with Crippen molar-refractivity contribution >= 4 is 24.0 Å². The van der Waals surface area contributed by atoms with Gasteiger partial charge < -0.3 is 5.32 Å². The number of anilines is 1. The van der Waals surface area contributed by atoms with Crippen LogP contribution in [0.15, 0.2) is 24.5 Å². The lowest BCUT2D eigenvalue weighted by molar-refractivity contribution is -0.114. The predicted molar refractivity (Wildman–Crippen MR) is 45.8 cm³/mol. The van der Waals surface area contributed by atoms with Gasteiger partial charge >= 0.3 is 0 Å². The molecule has 0 aromatic carbocycles. The van der Waals surface area contributed by atoms with Crippen LogP contribution in [-0.4, -0.2) is 10.9 Å². The standard InChI is InChI=1S/C7H8N2O.ClH/c1-6(10)9-7-2-4-8-5-3-7;/h2-5H,1H3,(H,8,9,10);1H. The van der Waals surface area contributed by atoms with Gasteiger partial charge in [0.1, 0.15) is 0 Å². The second kappa shape index (κ2) is 4.68. The van der Waals surface area contributed by atoms with Crippen molar-refractivity contribution in [3.05, 3.63) is 24.5 Å². The Balaban J connectivity index is 0.000001000. The third-order valence-corrected chi connectivity index (χ3v) is 1.00. The predicted octanol–water partition coefficient (Wildman–Crippen LogP) is 1.46. The van der Waals surface area contributed by atoms with Crippen LogP contribution < -0.4 is 5.32 Å². The van der Waals surface area contributed by atoms with Crippen LogP contribution in [-0.2, 0) is 4.79 Å². The molecule has 0 atom stereocenters. The highest BCUT2D eigenvalue weighted by Crippen LogP contribution is 2.01. The van der Waals surface area contributed by atoms with E-state index in [0.717, 1.165) is 5.69 Å². The summed E-state index contributed by atoms with van der Waals surface area (Å²) in [5, 5.41) is 2.63. The summed E-state index contributed by atoms with van der Waals surface area (Å²) < 4.78 is 0. The van der Waals surface area contributed by atoms with Gasteiger partial charge in [0, 0.05) is 25.0 Å². The Bertz CT molecular complexity index is 225. The van der Waals surface area contributed by atoms with E-state index in [1.165, 1.54) is 6.92 Å². The van der Waals surface area contributed by atoms with Crippen LogP contribution in [0.5, 0.6) is 0 Å². The van der Waals surface area contributed by atoms with E-state index < -0.39 is 0 Å². The molecule has 0 radical (unpaired) electrons. The molecule has 60 valence electrons. The van der Waals surface area contributed by atoms with Gasteiger partial charge in [-0.15, -0.1) is 12.4 Å². The first-order chi connectivity index (χ1) is 4.79. The number of carbonyl (C=O) groups is 1. The SMILES string of the molecule is CC(=O)Nc1ccncc1.Cl. The lowest BCUT2D eigenvalue weighted by Gasteiger charge is -1.97. The molecule has 0 bridgehead atoms. The van der Waals surface area contributed by atoms with Crippen LogP contribution in [0.2, 0.25) is 0 Å². The topological polar surface area (TPSA) is 42.0 Å². The first-order valence-electron chi connectivity index (χ1n) is 2.96. The van der Waals surface area contributed by atoms with Gasteiger partial charge in [-0.05, 0) is 12.1 Å². The summed E-state index contributed by atoms with van der Waals surface area (Å²) >= 11 is 0. The van der Waals surface area contributed by atoms with Gasteiger partial charge in [0.25, 0.3) is 0 Å². The third-order valence-electron chi connectivity index (χ3n) is 1.00. The summed E-state index contributed by atoms with van der Waals surface area (Å²) in [7, 11) is 0. The average Bonchev–Trinajstić information content (AvgIpc) is 1.88. The highest BCUT2D eigenvalue weighted by molar-refractivity contribution is 5.88.